The molecular weight excluding hydrogens is 290 g/mol. The third-order valence-electron chi connectivity index (χ3n) is 3.99. The largest absolute Gasteiger partial charge is 0.415 e. The van der Waals surface area contributed by atoms with Crippen molar-refractivity contribution in [3.05, 3.63) is 66.2 Å². The summed E-state index contributed by atoms with van der Waals surface area (Å²) in [7, 11) is 0. The van der Waals surface area contributed by atoms with Gasteiger partial charge < -0.3 is 14.4 Å². The molecular formula is C19H21NO3. The van der Waals surface area contributed by atoms with E-state index in [4.69, 9.17) is 9.47 Å². The van der Waals surface area contributed by atoms with Crippen LogP contribution in [0.15, 0.2) is 60.7 Å². The van der Waals surface area contributed by atoms with Gasteiger partial charge in [-0.05, 0) is 24.6 Å². The Kier molecular flexibility index (Phi) is 4.93. The van der Waals surface area contributed by atoms with Gasteiger partial charge in [0, 0.05) is 6.42 Å². The lowest BCUT2D eigenvalue weighted by Crippen LogP contribution is -2.52. The highest BCUT2D eigenvalue weighted by molar-refractivity contribution is 5.71. The van der Waals surface area contributed by atoms with Crippen LogP contribution in [-0.4, -0.2) is 36.3 Å². The van der Waals surface area contributed by atoms with Gasteiger partial charge in [0.2, 0.25) is 0 Å². The summed E-state index contributed by atoms with van der Waals surface area (Å²) in [5.74, 6) is 0.566. The van der Waals surface area contributed by atoms with Crippen LogP contribution in [0.2, 0.25) is 0 Å². The minimum atomic E-state index is -0.315. The zero-order valence-corrected chi connectivity index (χ0v) is 13.2. The van der Waals surface area contributed by atoms with Crippen molar-refractivity contribution in [1.29, 1.82) is 0 Å². The molecule has 2 aromatic rings. The molecule has 0 saturated carbocycles. The number of ether oxygens (including phenoxy) is 2. The molecule has 1 heterocycles. The normalized spacial score (nSPS) is 21.0. The van der Waals surface area contributed by atoms with E-state index >= 15 is 0 Å². The van der Waals surface area contributed by atoms with Gasteiger partial charge in [-0.15, -0.1) is 0 Å². The molecule has 120 valence electrons. The molecule has 0 spiro atoms. The zero-order valence-electron chi connectivity index (χ0n) is 13.2. The highest BCUT2D eigenvalue weighted by Gasteiger charge is 2.31. The second-order valence-corrected chi connectivity index (χ2v) is 5.83. The maximum Gasteiger partial charge on any atom is 0.415 e. The Labute approximate surface area is 136 Å². The first-order valence-electron chi connectivity index (χ1n) is 7.91. The molecule has 4 heteroatoms. The Morgan fingerprint density at radius 1 is 1.13 bits per heavy atom. The van der Waals surface area contributed by atoms with Gasteiger partial charge >= 0.3 is 6.09 Å². The molecule has 23 heavy (non-hydrogen) atoms. The summed E-state index contributed by atoms with van der Waals surface area (Å²) >= 11 is 0. The molecule has 0 aromatic heterocycles. The topological polar surface area (TPSA) is 38.8 Å². The Hall–Kier alpha value is -2.33. The van der Waals surface area contributed by atoms with Crippen LogP contribution in [0.3, 0.4) is 0 Å². The van der Waals surface area contributed by atoms with E-state index < -0.39 is 0 Å². The van der Waals surface area contributed by atoms with Gasteiger partial charge in [-0.2, -0.15) is 0 Å². The Balaban J connectivity index is 1.62. The summed E-state index contributed by atoms with van der Waals surface area (Å²) in [5, 5.41) is 0. The Morgan fingerprint density at radius 2 is 1.78 bits per heavy atom. The highest BCUT2D eigenvalue weighted by atomic mass is 16.6. The van der Waals surface area contributed by atoms with E-state index in [1.165, 1.54) is 5.56 Å². The molecule has 0 N–H and O–H groups in total. The van der Waals surface area contributed by atoms with E-state index in [0.29, 0.717) is 18.9 Å². The summed E-state index contributed by atoms with van der Waals surface area (Å²) < 4.78 is 11.3. The van der Waals surface area contributed by atoms with Crippen LogP contribution >= 0.6 is 0 Å². The molecule has 0 radical (unpaired) electrons. The molecule has 2 aromatic carbocycles. The monoisotopic (exact) mass is 311 g/mol. The fraction of sp³-hybridized carbons (Fsp3) is 0.316. The van der Waals surface area contributed by atoms with Crippen molar-refractivity contribution in [3.63, 3.8) is 0 Å². The van der Waals surface area contributed by atoms with Gasteiger partial charge in [0.25, 0.3) is 0 Å². The van der Waals surface area contributed by atoms with E-state index in [0.717, 1.165) is 6.42 Å². The number of nitrogens with zero attached hydrogens (tertiary/aromatic N) is 1. The lowest BCUT2D eigenvalue weighted by Gasteiger charge is -2.37. The number of hydrogen-bond donors (Lipinski definition) is 0. The van der Waals surface area contributed by atoms with Gasteiger partial charge in [-0.1, -0.05) is 48.5 Å². The first-order valence-corrected chi connectivity index (χ1v) is 7.91. The number of carbonyl (C=O) groups excluding carboxylic acids is 1. The van der Waals surface area contributed by atoms with Crippen LogP contribution < -0.4 is 4.74 Å². The summed E-state index contributed by atoms with van der Waals surface area (Å²) in [6, 6.07) is 19.4. The van der Waals surface area contributed by atoms with E-state index in [9.17, 15) is 4.79 Å². The third-order valence-corrected chi connectivity index (χ3v) is 3.99. The highest BCUT2D eigenvalue weighted by Crippen LogP contribution is 2.18. The summed E-state index contributed by atoms with van der Waals surface area (Å²) in [6.07, 6.45) is 0.477. The summed E-state index contributed by atoms with van der Waals surface area (Å²) in [5.41, 5.74) is 1.21. The van der Waals surface area contributed by atoms with Crippen LogP contribution in [0.4, 0.5) is 4.79 Å². The molecule has 2 unspecified atom stereocenters. The van der Waals surface area contributed by atoms with E-state index in [1.807, 2.05) is 43.3 Å². The Morgan fingerprint density at radius 3 is 2.48 bits per heavy atom. The van der Waals surface area contributed by atoms with Gasteiger partial charge in [0.15, 0.2) is 0 Å². The average molecular weight is 311 g/mol. The second-order valence-electron chi connectivity index (χ2n) is 5.83. The summed E-state index contributed by atoms with van der Waals surface area (Å²) in [6.45, 7) is 3.05. The SMILES string of the molecule is CC1COC(Cc2ccccc2)CN1C(=O)Oc1ccccc1. The fourth-order valence-corrected chi connectivity index (χ4v) is 2.72. The molecule has 1 aliphatic rings. The van der Waals surface area contributed by atoms with Crippen molar-refractivity contribution in [2.75, 3.05) is 13.2 Å². The molecule has 4 nitrogen and oxygen atoms in total. The van der Waals surface area contributed by atoms with Crippen molar-refractivity contribution >= 4 is 6.09 Å². The minimum absolute atomic E-state index is 0.00285. The number of para-hydroxylation sites is 1. The smallest absolute Gasteiger partial charge is 0.410 e. The Bertz CT molecular complexity index is 630. The quantitative estimate of drug-likeness (QED) is 0.870. The zero-order chi connectivity index (χ0) is 16.1. The van der Waals surface area contributed by atoms with Gasteiger partial charge in [0.1, 0.15) is 5.75 Å². The number of benzene rings is 2. The van der Waals surface area contributed by atoms with Crippen molar-refractivity contribution in [3.8, 4) is 5.75 Å². The van der Waals surface area contributed by atoms with Gasteiger partial charge in [0.05, 0.1) is 25.3 Å². The first-order chi connectivity index (χ1) is 11.2. The minimum Gasteiger partial charge on any atom is -0.410 e. The number of carbonyl (C=O) groups is 1. The second kappa shape index (κ2) is 7.29. The van der Waals surface area contributed by atoms with Crippen LogP contribution in [0.5, 0.6) is 5.75 Å². The van der Waals surface area contributed by atoms with Crippen molar-refractivity contribution in [1.82, 2.24) is 4.90 Å². The maximum atomic E-state index is 12.4. The molecule has 2 atom stereocenters. The van der Waals surface area contributed by atoms with Crippen LogP contribution in [-0.2, 0) is 11.2 Å². The summed E-state index contributed by atoms with van der Waals surface area (Å²) in [4.78, 5) is 14.2. The number of morpholine rings is 1. The number of hydrogen-bond acceptors (Lipinski definition) is 3. The van der Waals surface area contributed by atoms with Crippen molar-refractivity contribution in [2.24, 2.45) is 0 Å². The molecule has 0 bridgehead atoms. The van der Waals surface area contributed by atoms with E-state index in [-0.39, 0.29) is 18.2 Å². The predicted octanol–water partition coefficient (Wildman–Crippen LogP) is 3.52. The van der Waals surface area contributed by atoms with Crippen LogP contribution in [0, 0.1) is 0 Å². The molecule has 0 aliphatic carbocycles. The fourth-order valence-electron chi connectivity index (χ4n) is 2.72. The van der Waals surface area contributed by atoms with E-state index in [2.05, 4.69) is 12.1 Å². The third kappa shape index (κ3) is 4.11. The van der Waals surface area contributed by atoms with Crippen LogP contribution in [0.1, 0.15) is 12.5 Å². The van der Waals surface area contributed by atoms with Gasteiger partial charge in [-0.25, -0.2) is 4.79 Å². The molecule has 3 rings (SSSR count). The average Bonchev–Trinajstić information content (AvgIpc) is 2.58. The molecule has 1 aliphatic heterocycles. The number of rotatable bonds is 3. The lowest BCUT2D eigenvalue weighted by molar-refractivity contribution is -0.0467. The lowest BCUT2D eigenvalue weighted by atomic mass is 10.1. The van der Waals surface area contributed by atoms with E-state index in [1.54, 1.807) is 17.0 Å². The predicted molar refractivity (Wildman–Crippen MR) is 88.5 cm³/mol. The number of amides is 1. The van der Waals surface area contributed by atoms with Gasteiger partial charge in [-0.3, -0.25) is 0 Å². The standard InChI is InChI=1S/C19H21NO3/c1-15-14-22-18(12-16-8-4-2-5-9-16)13-20(15)19(21)23-17-10-6-3-7-11-17/h2-11,15,18H,12-14H2,1H3. The molecule has 1 fully saturated rings. The van der Waals surface area contributed by atoms with Crippen molar-refractivity contribution < 1.29 is 14.3 Å². The van der Waals surface area contributed by atoms with Crippen molar-refractivity contribution in [2.45, 2.75) is 25.5 Å². The first kappa shape index (κ1) is 15.6. The molecule has 1 saturated heterocycles. The van der Waals surface area contributed by atoms with Crippen LogP contribution in [0.25, 0.3) is 0 Å². The maximum absolute atomic E-state index is 12.4. The molecule has 1 amide bonds.